The molecular formula is C18H22F3N3O. The van der Waals surface area contributed by atoms with Gasteiger partial charge in [0.05, 0.1) is 18.2 Å². The summed E-state index contributed by atoms with van der Waals surface area (Å²) in [5, 5.41) is 10.1. The van der Waals surface area contributed by atoms with Crippen LogP contribution in [0.1, 0.15) is 49.3 Å². The molecular weight excluding hydrogens is 331 g/mol. The van der Waals surface area contributed by atoms with Crippen LogP contribution in [0.15, 0.2) is 36.7 Å². The van der Waals surface area contributed by atoms with Crippen molar-refractivity contribution in [2.75, 3.05) is 6.54 Å². The summed E-state index contributed by atoms with van der Waals surface area (Å²) < 4.78 is 41.0. The zero-order valence-corrected chi connectivity index (χ0v) is 14.2. The van der Waals surface area contributed by atoms with Crippen LogP contribution in [0.4, 0.5) is 13.2 Å². The predicted octanol–water partition coefficient (Wildman–Crippen LogP) is 3.79. The first kappa shape index (κ1) is 17.9. The van der Waals surface area contributed by atoms with Crippen LogP contribution >= 0.6 is 0 Å². The van der Waals surface area contributed by atoms with Crippen LogP contribution in [-0.2, 0) is 12.7 Å². The zero-order chi connectivity index (χ0) is 18.2. The fourth-order valence-electron chi connectivity index (χ4n) is 3.44. The number of halogens is 3. The normalized spacial score (nSPS) is 22.0. The van der Waals surface area contributed by atoms with E-state index < -0.39 is 17.8 Å². The summed E-state index contributed by atoms with van der Waals surface area (Å²) in [4.78, 5) is 6.37. The summed E-state index contributed by atoms with van der Waals surface area (Å²) in [6, 6.07) is 5.37. The Balaban J connectivity index is 1.86. The first-order valence-corrected chi connectivity index (χ1v) is 8.36. The third kappa shape index (κ3) is 3.88. The Labute approximate surface area is 144 Å². The number of aliphatic hydroxyl groups is 1. The minimum atomic E-state index is -4.37. The van der Waals surface area contributed by atoms with E-state index in [2.05, 4.69) is 4.98 Å². The number of alkyl halides is 3. The van der Waals surface area contributed by atoms with E-state index in [9.17, 15) is 18.3 Å². The molecule has 136 valence electrons. The highest BCUT2D eigenvalue weighted by Crippen LogP contribution is 2.36. The summed E-state index contributed by atoms with van der Waals surface area (Å²) in [6.07, 6.45) is -0.885. The van der Waals surface area contributed by atoms with Gasteiger partial charge in [0.15, 0.2) is 0 Å². The number of likely N-dealkylation sites (tertiary alicyclic amines) is 1. The van der Waals surface area contributed by atoms with Gasteiger partial charge in [-0.2, -0.15) is 13.2 Å². The van der Waals surface area contributed by atoms with Crippen molar-refractivity contribution in [3.63, 3.8) is 0 Å². The van der Waals surface area contributed by atoms with Gasteiger partial charge in [0, 0.05) is 31.0 Å². The number of β-amino-alcohol motifs (C(OH)–C–C–N with tert-alkyl or cyclic N) is 1. The molecule has 7 heteroatoms. The monoisotopic (exact) mass is 353 g/mol. The van der Waals surface area contributed by atoms with Crippen molar-refractivity contribution in [2.45, 2.75) is 51.2 Å². The Hall–Kier alpha value is -1.86. The van der Waals surface area contributed by atoms with E-state index >= 15 is 0 Å². The molecule has 1 fully saturated rings. The third-order valence-electron chi connectivity index (χ3n) is 4.63. The van der Waals surface area contributed by atoms with Crippen LogP contribution in [-0.4, -0.2) is 32.2 Å². The molecule has 0 amide bonds. The van der Waals surface area contributed by atoms with Crippen LogP contribution in [0, 0.1) is 0 Å². The summed E-state index contributed by atoms with van der Waals surface area (Å²) in [5.74, 6) is 0.848. The minimum absolute atomic E-state index is 0.247. The first-order valence-electron chi connectivity index (χ1n) is 8.36. The van der Waals surface area contributed by atoms with Gasteiger partial charge in [-0.3, -0.25) is 4.90 Å². The van der Waals surface area contributed by atoms with E-state index in [1.807, 2.05) is 29.5 Å². The minimum Gasteiger partial charge on any atom is -0.392 e. The van der Waals surface area contributed by atoms with Gasteiger partial charge in [-0.05, 0) is 38.0 Å². The average molecular weight is 353 g/mol. The van der Waals surface area contributed by atoms with Gasteiger partial charge in [-0.15, -0.1) is 0 Å². The maximum atomic E-state index is 13.0. The van der Waals surface area contributed by atoms with E-state index in [0.717, 1.165) is 11.9 Å². The van der Waals surface area contributed by atoms with Crippen molar-refractivity contribution in [1.29, 1.82) is 0 Å². The highest BCUT2D eigenvalue weighted by molar-refractivity contribution is 5.29. The highest BCUT2D eigenvalue weighted by Gasteiger charge is 2.35. The van der Waals surface area contributed by atoms with Gasteiger partial charge < -0.3 is 9.67 Å². The number of rotatable bonds is 4. The number of nitrogens with zero attached hydrogens (tertiary/aromatic N) is 3. The molecule has 1 aliphatic rings. The third-order valence-corrected chi connectivity index (χ3v) is 4.63. The predicted molar refractivity (Wildman–Crippen MR) is 87.8 cm³/mol. The fraction of sp³-hybridized carbons (Fsp3) is 0.500. The number of benzene rings is 1. The molecule has 1 aromatic heterocycles. The second-order valence-electron chi connectivity index (χ2n) is 6.80. The molecule has 2 atom stereocenters. The van der Waals surface area contributed by atoms with Crippen LogP contribution in [0.2, 0.25) is 0 Å². The molecule has 1 aliphatic heterocycles. The van der Waals surface area contributed by atoms with Gasteiger partial charge in [0.25, 0.3) is 0 Å². The van der Waals surface area contributed by atoms with Crippen molar-refractivity contribution in [3.8, 4) is 0 Å². The largest absolute Gasteiger partial charge is 0.416 e. The molecule has 4 nitrogen and oxygen atoms in total. The lowest BCUT2D eigenvalue weighted by Gasteiger charge is -2.25. The van der Waals surface area contributed by atoms with Crippen molar-refractivity contribution in [3.05, 3.63) is 53.6 Å². The van der Waals surface area contributed by atoms with Crippen molar-refractivity contribution in [1.82, 2.24) is 14.5 Å². The van der Waals surface area contributed by atoms with E-state index in [-0.39, 0.29) is 12.1 Å². The molecule has 0 spiro atoms. The molecule has 0 aliphatic carbocycles. The fourth-order valence-corrected chi connectivity index (χ4v) is 3.44. The molecule has 2 aromatic rings. The summed E-state index contributed by atoms with van der Waals surface area (Å²) in [5.41, 5.74) is -0.0796. The Morgan fingerprint density at radius 1 is 1.32 bits per heavy atom. The topological polar surface area (TPSA) is 41.3 Å². The molecule has 0 saturated carbocycles. The quantitative estimate of drug-likeness (QED) is 0.909. The molecule has 1 saturated heterocycles. The number of imidazole rings is 1. The highest BCUT2D eigenvalue weighted by atomic mass is 19.4. The second kappa shape index (κ2) is 6.80. The van der Waals surface area contributed by atoms with Crippen molar-refractivity contribution >= 4 is 0 Å². The summed E-state index contributed by atoms with van der Waals surface area (Å²) >= 11 is 0. The molecule has 25 heavy (non-hydrogen) atoms. The Bertz CT molecular complexity index is 726. The smallest absolute Gasteiger partial charge is 0.392 e. The van der Waals surface area contributed by atoms with E-state index in [1.165, 1.54) is 12.1 Å². The van der Waals surface area contributed by atoms with Gasteiger partial charge in [-0.1, -0.05) is 12.1 Å². The van der Waals surface area contributed by atoms with Crippen LogP contribution in [0.5, 0.6) is 0 Å². The zero-order valence-electron chi connectivity index (χ0n) is 14.2. The standard InChI is InChI=1S/C18H22F3N3O/c1-12(2)24-7-6-22-17(24)11-23-10-15(25)9-16(23)13-4-3-5-14(8-13)18(19,20)21/h3-8,12,15-16,25H,9-11H2,1-2H3. The number of hydrogen-bond acceptors (Lipinski definition) is 3. The van der Waals surface area contributed by atoms with Gasteiger partial charge in [0.2, 0.25) is 0 Å². The molecule has 2 heterocycles. The molecule has 0 bridgehead atoms. The lowest BCUT2D eigenvalue weighted by molar-refractivity contribution is -0.137. The van der Waals surface area contributed by atoms with Crippen LogP contribution in [0.25, 0.3) is 0 Å². The maximum absolute atomic E-state index is 13.0. The second-order valence-corrected chi connectivity index (χ2v) is 6.80. The van der Waals surface area contributed by atoms with Gasteiger partial charge in [0.1, 0.15) is 5.82 Å². The number of aromatic nitrogens is 2. The molecule has 1 N–H and O–H groups in total. The van der Waals surface area contributed by atoms with Crippen LogP contribution in [0.3, 0.4) is 0 Å². The SMILES string of the molecule is CC(C)n1ccnc1CN1CC(O)CC1c1cccc(C(F)(F)F)c1. The molecule has 3 rings (SSSR count). The molecule has 1 aromatic carbocycles. The molecule has 0 radical (unpaired) electrons. The Kier molecular flexibility index (Phi) is 4.88. The van der Waals surface area contributed by atoms with Crippen LogP contribution < -0.4 is 0 Å². The average Bonchev–Trinajstić information content (AvgIpc) is 3.13. The Morgan fingerprint density at radius 3 is 2.76 bits per heavy atom. The number of hydrogen-bond donors (Lipinski definition) is 1. The lowest BCUT2D eigenvalue weighted by Crippen LogP contribution is -2.26. The van der Waals surface area contributed by atoms with E-state index in [1.54, 1.807) is 12.3 Å². The molecule has 2 unspecified atom stereocenters. The summed E-state index contributed by atoms with van der Waals surface area (Å²) in [7, 11) is 0. The van der Waals surface area contributed by atoms with E-state index in [4.69, 9.17) is 0 Å². The van der Waals surface area contributed by atoms with Gasteiger partial charge in [-0.25, -0.2) is 4.98 Å². The van der Waals surface area contributed by atoms with Crippen molar-refractivity contribution < 1.29 is 18.3 Å². The Morgan fingerprint density at radius 2 is 2.08 bits per heavy atom. The lowest BCUT2D eigenvalue weighted by atomic mass is 10.0. The number of aliphatic hydroxyl groups excluding tert-OH is 1. The maximum Gasteiger partial charge on any atom is 0.416 e. The van der Waals surface area contributed by atoms with Crippen molar-refractivity contribution in [2.24, 2.45) is 0 Å². The van der Waals surface area contributed by atoms with E-state index in [0.29, 0.717) is 25.1 Å². The summed E-state index contributed by atoms with van der Waals surface area (Å²) in [6.45, 7) is 5.01. The van der Waals surface area contributed by atoms with Gasteiger partial charge >= 0.3 is 6.18 Å². The first-order chi connectivity index (χ1) is 11.8.